The Bertz CT molecular complexity index is 562. The van der Waals surface area contributed by atoms with Crippen molar-refractivity contribution in [1.82, 2.24) is 0 Å². The lowest BCUT2D eigenvalue weighted by atomic mass is 10.1. The Morgan fingerprint density at radius 2 is 2.19 bits per heavy atom. The van der Waals surface area contributed by atoms with Crippen LogP contribution in [0.5, 0.6) is 5.75 Å². The molecule has 0 saturated carbocycles. The topological polar surface area (TPSA) is 128 Å². The number of hydrogen-bond acceptors (Lipinski definition) is 5. The number of ether oxygens (including phenoxy) is 1. The molecule has 0 radical (unpaired) electrons. The molecule has 114 valence electrons. The third-order valence-corrected chi connectivity index (χ3v) is 2.40. The van der Waals surface area contributed by atoms with Gasteiger partial charge in [-0.15, -0.1) is 0 Å². The highest BCUT2D eigenvalue weighted by Gasteiger charge is 2.17. The van der Waals surface area contributed by atoms with Crippen LogP contribution >= 0.6 is 0 Å². The van der Waals surface area contributed by atoms with E-state index in [9.17, 15) is 9.90 Å². The fourth-order valence-electron chi connectivity index (χ4n) is 1.58. The van der Waals surface area contributed by atoms with Crippen LogP contribution in [0.25, 0.3) is 10.4 Å². The van der Waals surface area contributed by atoms with Crippen molar-refractivity contribution in [2.75, 3.05) is 11.9 Å². The van der Waals surface area contributed by atoms with Crippen LogP contribution in [0.2, 0.25) is 0 Å². The van der Waals surface area contributed by atoms with Crippen molar-refractivity contribution >= 4 is 11.8 Å². The average molecular weight is 294 g/mol. The van der Waals surface area contributed by atoms with E-state index in [1.807, 2.05) is 0 Å². The minimum absolute atomic E-state index is 0.199. The lowest BCUT2D eigenvalue weighted by Gasteiger charge is -2.20. The Hall–Kier alpha value is -2.44. The van der Waals surface area contributed by atoms with Gasteiger partial charge in [0.2, 0.25) is 0 Å². The zero-order valence-corrected chi connectivity index (χ0v) is 12.1. The molecule has 0 saturated heterocycles. The van der Waals surface area contributed by atoms with Crippen LogP contribution in [-0.4, -0.2) is 28.5 Å². The van der Waals surface area contributed by atoms with Crippen molar-refractivity contribution in [3.63, 3.8) is 0 Å². The third-order valence-electron chi connectivity index (χ3n) is 2.40. The molecule has 0 aromatic heterocycles. The van der Waals surface area contributed by atoms with Gasteiger partial charge >= 0.3 is 6.09 Å². The molecule has 8 nitrogen and oxygen atoms in total. The number of carbonyl (C=O) groups is 1. The van der Waals surface area contributed by atoms with Gasteiger partial charge < -0.3 is 14.9 Å². The maximum atomic E-state index is 11.6. The fraction of sp³-hybridized carbons (Fsp3) is 0.462. The fourth-order valence-corrected chi connectivity index (χ4v) is 1.58. The molecule has 1 atom stereocenters. The lowest BCUT2D eigenvalue weighted by Crippen LogP contribution is -2.27. The highest BCUT2D eigenvalue weighted by molar-refractivity contribution is 5.85. The third kappa shape index (κ3) is 5.21. The first-order valence-corrected chi connectivity index (χ1v) is 6.25. The predicted octanol–water partition coefficient (Wildman–Crippen LogP) is 3.08. The van der Waals surface area contributed by atoms with Gasteiger partial charge in [-0.3, -0.25) is 5.32 Å². The summed E-state index contributed by atoms with van der Waals surface area (Å²) in [6.07, 6.45) is -0.650. The first kappa shape index (κ1) is 16.6. The van der Waals surface area contributed by atoms with Crippen molar-refractivity contribution in [2.45, 2.75) is 32.4 Å². The van der Waals surface area contributed by atoms with Gasteiger partial charge in [0, 0.05) is 22.2 Å². The molecule has 0 bridgehead atoms. The van der Waals surface area contributed by atoms with E-state index in [1.165, 1.54) is 18.2 Å². The monoisotopic (exact) mass is 294 g/mol. The first-order chi connectivity index (χ1) is 9.76. The number of carbonyl (C=O) groups excluding carboxylic acids is 1. The molecule has 1 amide bonds. The zero-order valence-electron chi connectivity index (χ0n) is 12.1. The summed E-state index contributed by atoms with van der Waals surface area (Å²) in [5, 5.41) is 24.8. The normalized spacial score (nSPS) is 12.2. The van der Waals surface area contributed by atoms with Gasteiger partial charge in [0.1, 0.15) is 11.4 Å². The first-order valence-electron chi connectivity index (χ1n) is 6.25. The standard InChI is InChI=1S/C13H18N4O4/c1-13(2,3)21-12(20)15-8-4-5-9(11(19)6-8)10(7-18)16-17-14/h4-6,10,18-19H,7H2,1-3H3,(H,15,20). The number of azide groups is 1. The van der Waals surface area contributed by atoms with Gasteiger partial charge in [0.25, 0.3) is 0 Å². The Morgan fingerprint density at radius 1 is 1.52 bits per heavy atom. The number of phenolic OH excluding ortho intramolecular Hbond substituents is 1. The van der Waals surface area contributed by atoms with Crippen molar-refractivity contribution in [1.29, 1.82) is 0 Å². The summed E-state index contributed by atoms with van der Waals surface area (Å²) in [5.41, 5.74) is 8.36. The van der Waals surface area contributed by atoms with Gasteiger partial charge in [0.15, 0.2) is 0 Å². The number of aliphatic hydroxyl groups is 1. The summed E-state index contributed by atoms with van der Waals surface area (Å²) in [6.45, 7) is 4.77. The molecule has 0 fully saturated rings. The largest absolute Gasteiger partial charge is 0.508 e. The number of aliphatic hydroxyl groups excluding tert-OH is 1. The molecule has 3 N–H and O–H groups in total. The number of nitrogens with one attached hydrogen (secondary N) is 1. The van der Waals surface area contributed by atoms with E-state index < -0.39 is 24.3 Å². The van der Waals surface area contributed by atoms with Gasteiger partial charge in [-0.25, -0.2) is 4.79 Å². The van der Waals surface area contributed by atoms with E-state index in [2.05, 4.69) is 15.3 Å². The zero-order chi connectivity index (χ0) is 16.0. The second-order valence-electron chi connectivity index (χ2n) is 5.30. The SMILES string of the molecule is CC(C)(C)OC(=O)Nc1ccc(C(CO)N=[N+]=[N-])c(O)c1. The van der Waals surface area contributed by atoms with Crippen molar-refractivity contribution in [3.8, 4) is 5.75 Å². The van der Waals surface area contributed by atoms with Crippen LogP contribution < -0.4 is 5.32 Å². The second-order valence-corrected chi connectivity index (χ2v) is 5.30. The molecule has 21 heavy (non-hydrogen) atoms. The minimum Gasteiger partial charge on any atom is -0.508 e. The quantitative estimate of drug-likeness (QED) is 0.447. The number of rotatable bonds is 4. The molecule has 1 rings (SSSR count). The van der Waals surface area contributed by atoms with Crippen LogP contribution in [0.15, 0.2) is 23.3 Å². The minimum atomic E-state index is -0.884. The number of amides is 1. The van der Waals surface area contributed by atoms with Crippen molar-refractivity contribution in [2.24, 2.45) is 5.11 Å². The Morgan fingerprint density at radius 3 is 2.67 bits per heavy atom. The Labute approximate surface area is 122 Å². The molecule has 1 aromatic carbocycles. The van der Waals surface area contributed by atoms with E-state index in [-0.39, 0.29) is 11.3 Å². The van der Waals surface area contributed by atoms with Gasteiger partial charge in [-0.2, -0.15) is 0 Å². The van der Waals surface area contributed by atoms with E-state index in [0.29, 0.717) is 5.69 Å². The van der Waals surface area contributed by atoms with Crippen LogP contribution in [-0.2, 0) is 4.74 Å². The van der Waals surface area contributed by atoms with Crippen LogP contribution in [0.1, 0.15) is 32.4 Å². The molecule has 8 heteroatoms. The average Bonchev–Trinajstić information content (AvgIpc) is 2.34. The molecular weight excluding hydrogens is 276 g/mol. The summed E-state index contributed by atoms with van der Waals surface area (Å²) in [5.74, 6) is -0.199. The second kappa shape index (κ2) is 6.83. The number of nitrogens with zero attached hydrogens (tertiary/aromatic N) is 3. The summed E-state index contributed by atoms with van der Waals surface area (Å²) >= 11 is 0. The highest BCUT2D eigenvalue weighted by atomic mass is 16.6. The number of anilines is 1. The summed E-state index contributed by atoms with van der Waals surface area (Å²) in [6, 6.07) is 3.37. The van der Waals surface area contributed by atoms with Gasteiger partial charge in [-0.1, -0.05) is 11.2 Å². The maximum Gasteiger partial charge on any atom is 0.412 e. The molecule has 0 spiro atoms. The summed E-state index contributed by atoms with van der Waals surface area (Å²) < 4.78 is 5.08. The summed E-state index contributed by atoms with van der Waals surface area (Å²) in [4.78, 5) is 14.2. The molecule has 0 aliphatic rings. The molecule has 0 aliphatic carbocycles. The van der Waals surface area contributed by atoms with Crippen molar-refractivity contribution in [3.05, 3.63) is 34.2 Å². The van der Waals surface area contributed by atoms with E-state index >= 15 is 0 Å². The summed E-state index contributed by atoms with van der Waals surface area (Å²) in [7, 11) is 0. The van der Waals surface area contributed by atoms with Crippen LogP contribution in [0, 0.1) is 0 Å². The highest BCUT2D eigenvalue weighted by Crippen LogP contribution is 2.29. The van der Waals surface area contributed by atoms with E-state index in [4.69, 9.17) is 15.4 Å². The molecule has 1 unspecified atom stereocenters. The molecule has 0 heterocycles. The Balaban J connectivity index is 2.87. The number of hydrogen-bond donors (Lipinski definition) is 3. The molecule has 0 aliphatic heterocycles. The van der Waals surface area contributed by atoms with Gasteiger partial charge in [-0.05, 0) is 32.4 Å². The van der Waals surface area contributed by atoms with Crippen LogP contribution in [0.3, 0.4) is 0 Å². The Kier molecular flexibility index (Phi) is 5.40. The van der Waals surface area contributed by atoms with E-state index in [1.54, 1.807) is 20.8 Å². The van der Waals surface area contributed by atoms with Crippen molar-refractivity contribution < 1.29 is 19.7 Å². The molecule has 1 aromatic rings. The number of benzene rings is 1. The van der Waals surface area contributed by atoms with E-state index in [0.717, 1.165) is 0 Å². The predicted molar refractivity (Wildman–Crippen MR) is 76.9 cm³/mol. The maximum absolute atomic E-state index is 11.6. The molecular formula is C13H18N4O4. The smallest absolute Gasteiger partial charge is 0.412 e. The number of phenols is 1. The van der Waals surface area contributed by atoms with Gasteiger partial charge in [0.05, 0.1) is 12.6 Å². The lowest BCUT2D eigenvalue weighted by molar-refractivity contribution is 0.0636. The number of aromatic hydroxyl groups is 1. The van der Waals surface area contributed by atoms with Crippen LogP contribution in [0.4, 0.5) is 10.5 Å².